The van der Waals surface area contributed by atoms with Gasteiger partial charge in [-0.15, -0.1) is 0 Å². The Bertz CT molecular complexity index is 549. The van der Waals surface area contributed by atoms with Crippen LogP contribution < -0.4 is 5.32 Å². The van der Waals surface area contributed by atoms with Gasteiger partial charge in [0.1, 0.15) is 18.2 Å². The van der Waals surface area contributed by atoms with Crippen LogP contribution in [0, 0.1) is 6.92 Å². The van der Waals surface area contributed by atoms with Crippen molar-refractivity contribution in [2.75, 3.05) is 12.4 Å². The van der Waals surface area contributed by atoms with E-state index in [2.05, 4.69) is 10.3 Å². The van der Waals surface area contributed by atoms with E-state index in [0.717, 1.165) is 5.56 Å². The first-order valence-electron chi connectivity index (χ1n) is 5.50. The summed E-state index contributed by atoms with van der Waals surface area (Å²) >= 11 is 0. The molecule has 0 aliphatic carbocycles. The van der Waals surface area contributed by atoms with Crippen molar-refractivity contribution >= 4 is 11.7 Å². The fourth-order valence-corrected chi connectivity index (χ4v) is 1.50. The molecule has 0 unspecified atom stereocenters. The minimum Gasteiger partial charge on any atom is -0.453 e. The Hall–Kier alpha value is -2.14. The van der Waals surface area contributed by atoms with Gasteiger partial charge in [-0.1, -0.05) is 0 Å². The maximum absolute atomic E-state index is 11.9. The number of nitrogens with zero attached hydrogens (tertiary/aromatic N) is 1. The molecule has 0 saturated heterocycles. The molecule has 2 aromatic rings. The molecule has 1 amide bonds. The van der Waals surface area contributed by atoms with Crippen LogP contribution in [-0.2, 0) is 11.3 Å². The largest absolute Gasteiger partial charge is 0.453 e. The molecule has 0 saturated carbocycles. The fourth-order valence-electron chi connectivity index (χ4n) is 1.50. The summed E-state index contributed by atoms with van der Waals surface area (Å²) < 4.78 is 10.2. The smallest absolute Gasteiger partial charge is 0.292 e. The van der Waals surface area contributed by atoms with Crippen LogP contribution in [0.4, 0.5) is 5.82 Å². The Labute approximate surface area is 105 Å². The zero-order chi connectivity index (χ0) is 13.0. The van der Waals surface area contributed by atoms with Gasteiger partial charge in [-0.25, -0.2) is 4.98 Å². The number of aryl methyl sites for hydroxylation is 1. The Morgan fingerprint density at radius 2 is 2.28 bits per heavy atom. The van der Waals surface area contributed by atoms with Crippen LogP contribution in [0.3, 0.4) is 0 Å². The van der Waals surface area contributed by atoms with Crippen molar-refractivity contribution in [3.05, 3.63) is 47.5 Å². The van der Waals surface area contributed by atoms with Gasteiger partial charge in [0, 0.05) is 13.3 Å². The lowest BCUT2D eigenvalue weighted by molar-refractivity contribution is 0.0987. The monoisotopic (exact) mass is 246 g/mol. The molecule has 94 valence electrons. The van der Waals surface area contributed by atoms with Gasteiger partial charge in [0.2, 0.25) is 0 Å². The van der Waals surface area contributed by atoms with Crippen molar-refractivity contribution in [2.24, 2.45) is 0 Å². The quantitative estimate of drug-likeness (QED) is 0.899. The van der Waals surface area contributed by atoms with Crippen LogP contribution in [0.5, 0.6) is 0 Å². The molecule has 2 aromatic heterocycles. The SMILES string of the molecule is COCc1ccc(C(=O)Nc2cc(C)ccn2)o1. The second-order valence-corrected chi connectivity index (χ2v) is 3.87. The highest BCUT2D eigenvalue weighted by Crippen LogP contribution is 2.12. The molecular formula is C13H14N2O3. The minimum absolute atomic E-state index is 0.241. The summed E-state index contributed by atoms with van der Waals surface area (Å²) in [6, 6.07) is 6.97. The van der Waals surface area contributed by atoms with Gasteiger partial charge in [0.15, 0.2) is 5.76 Å². The molecule has 18 heavy (non-hydrogen) atoms. The van der Waals surface area contributed by atoms with Crippen LogP contribution in [-0.4, -0.2) is 18.0 Å². The van der Waals surface area contributed by atoms with E-state index in [1.165, 1.54) is 0 Å². The Morgan fingerprint density at radius 1 is 1.44 bits per heavy atom. The number of carbonyl (C=O) groups excluding carboxylic acids is 1. The molecule has 0 bridgehead atoms. The number of pyridine rings is 1. The Kier molecular flexibility index (Phi) is 3.74. The van der Waals surface area contributed by atoms with Gasteiger partial charge < -0.3 is 14.5 Å². The summed E-state index contributed by atoms with van der Waals surface area (Å²) in [5.74, 6) is 1.03. The molecule has 0 aliphatic rings. The van der Waals surface area contributed by atoms with Crippen LogP contribution in [0.15, 0.2) is 34.9 Å². The van der Waals surface area contributed by atoms with Gasteiger partial charge in [-0.2, -0.15) is 0 Å². The van der Waals surface area contributed by atoms with E-state index in [-0.39, 0.29) is 11.7 Å². The second kappa shape index (κ2) is 5.46. The summed E-state index contributed by atoms with van der Waals surface area (Å²) in [5, 5.41) is 2.67. The third kappa shape index (κ3) is 2.95. The second-order valence-electron chi connectivity index (χ2n) is 3.87. The van der Waals surface area contributed by atoms with E-state index in [9.17, 15) is 4.79 Å². The number of amides is 1. The van der Waals surface area contributed by atoms with Crippen molar-refractivity contribution in [3.8, 4) is 0 Å². The summed E-state index contributed by atoms with van der Waals surface area (Å²) in [7, 11) is 1.57. The summed E-state index contributed by atoms with van der Waals surface area (Å²) in [6.45, 7) is 2.27. The number of ether oxygens (including phenoxy) is 1. The first kappa shape index (κ1) is 12.3. The molecule has 0 aliphatic heterocycles. The number of anilines is 1. The number of aromatic nitrogens is 1. The molecule has 2 rings (SSSR count). The lowest BCUT2D eigenvalue weighted by Crippen LogP contribution is -2.12. The standard InChI is InChI=1S/C13H14N2O3/c1-9-5-6-14-12(7-9)15-13(16)11-4-3-10(18-11)8-17-2/h3-7H,8H2,1-2H3,(H,14,15,16). The predicted octanol–water partition coefficient (Wildman–Crippen LogP) is 2.38. The average molecular weight is 246 g/mol. The molecule has 5 nitrogen and oxygen atoms in total. The maximum atomic E-state index is 11.9. The lowest BCUT2D eigenvalue weighted by atomic mass is 10.3. The van der Waals surface area contributed by atoms with Gasteiger partial charge in [0.05, 0.1) is 0 Å². The van der Waals surface area contributed by atoms with Crippen LogP contribution in [0.25, 0.3) is 0 Å². The Morgan fingerprint density at radius 3 is 3.00 bits per heavy atom. The third-order valence-corrected chi connectivity index (χ3v) is 2.33. The number of furan rings is 1. The zero-order valence-electron chi connectivity index (χ0n) is 10.3. The van der Waals surface area contributed by atoms with E-state index in [4.69, 9.17) is 9.15 Å². The van der Waals surface area contributed by atoms with Gasteiger partial charge in [-0.3, -0.25) is 4.79 Å². The van der Waals surface area contributed by atoms with Crippen molar-refractivity contribution in [1.82, 2.24) is 4.98 Å². The highest BCUT2D eigenvalue weighted by molar-refractivity contribution is 6.01. The van der Waals surface area contributed by atoms with Crippen molar-refractivity contribution in [2.45, 2.75) is 13.5 Å². The van der Waals surface area contributed by atoms with Crippen molar-refractivity contribution < 1.29 is 13.9 Å². The average Bonchev–Trinajstić information content (AvgIpc) is 2.78. The molecule has 0 aromatic carbocycles. The third-order valence-electron chi connectivity index (χ3n) is 2.33. The molecule has 5 heteroatoms. The molecule has 1 N–H and O–H groups in total. The predicted molar refractivity (Wildman–Crippen MR) is 66.3 cm³/mol. The summed E-state index contributed by atoms with van der Waals surface area (Å²) in [5.41, 5.74) is 1.03. The normalized spacial score (nSPS) is 10.3. The van der Waals surface area contributed by atoms with E-state index >= 15 is 0 Å². The molecule has 0 spiro atoms. The number of hydrogen-bond acceptors (Lipinski definition) is 4. The number of rotatable bonds is 4. The molecule has 0 radical (unpaired) electrons. The fraction of sp³-hybridized carbons (Fsp3) is 0.231. The molecular weight excluding hydrogens is 232 g/mol. The van der Waals surface area contributed by atoms with Crippen molar-refractivity contribution in [3.63, 3.8) is 0 Å². The van der Waals surface area contributed by atoms with Crippen LogP contribution in [0.2, 0.25) is 0 Å². The topological polar surface area (TPSA) is 64.4 Å². The zero-order valence-corrected chi connectivity index (χ0v) is 10.3. The van der Waals surface area contributed by atoms with Crippen molar-refractivity contribution in [1.29, 1.82) is 0 Å². The number of methoxy groups -OCH3 is 1. The molecule has 0 fully saturated rings. The highest BCUT2D eigenvalue weighted by Gasteiger charge is 2.11. The van der Waals surface area contributed by atoms with E-state index in [1.807, 2.05) is 13.0 Å². The summed E-state index contributed by atoms with van der Waals surface area (Å²) in [6.07, 6.45) is 1.64. The van der Waals surface area contributed by atoms with Gasteiger partial charge in [-0.05, 0) is 36.8 Å². The highest BCUT2D eigenvalue weighted by atomic mass is 16.5. The first-order chi connectivity index (χ1) is 8.69. The molecule has 2 heterocycles. The van der Waals surface area contributed by atoms with Gasteiger partial charge >= 0.3 is 0 Å². The number of hydrogen-bond donors (Lipinski definition) is 1. The van der Waals surface area contributed by atoms with E-state index in [0.29, 0.717) is 18.2 Å². The van der Waals surface area contributed by atoms with Crippen LogP contribution in [0.1, 0.15) is 21.9 Å². The van der Waals surface area contributed by atoms with E-state index in [1.54, 1.807) is 31.5 Å². The van der Waals surface area contributed by atoms with Gasteiger partial charge in [0.25, 0.3) is 5.91 Å². The van der Waals surface area contributed by atoms with Crippen LogP contribution >= 0.6 is 0 Å². The number of carbonyl (C=O) groups is 1. The molecule has 0 atom stereocenters. The minimum atomic E-state index is -0.324. The van der Waals surface area contributed by atoms with E-state index < -0.39 is 0 Å². The lowest BCUT2D eigenvalue weighted by Gasteiger charge is -2.02. The summed E-state index contributed by atoms with van der Waals surface area (Å²) in [4.78, 5) is 15.9. The maximum Gasteiger partial charge on any atom is 0.292 e. The number of nitrogens with one attached hydrogen (secondary N) is 1. The first-order valence-corrected chi connectivity index (χ1v) is 5.50. The Balaban J connectivity index is 2.07.